The Balaban J connectivity index is 1.64. The summed E-state index contributed by atoms with van der Waals surface area (Å²) in [6.07, 6.45) is 0. The average Bonchev–Trinajstić information content (AvgIpc) is 3.33. The minimum absolute atomic E-state index is 0.363. The first kappa shape index (κ1) is 52.7. The zero-order valence-corrected chi connectivity index (χ0v) is 46.6. The van der Waals surface area contributed by atoms with Crippen LogP contribution < -0.4 is 0 Å². The van der Waals surface area contributed by atoms with E-state index in [-0.39, 0.29) is 0 Å². The summed E-state index contributed by atoms with van der Waals surface area (Å²) in [6, 6.07) is 50.0. The predicted molar refractivity (Wildman–Crippen MR) is 310 cm³/mol. The van der Waals surface area contributed by atoms with Gasteiger partial charge in [0, 0.05) is 5.75 Å². The van der Waals surface area contributed by atoms with E-state index in [1.807, 2.05) is 7.11 Å². The summed E-state index contributed by atoms with van der Waals surface area (Å²) in [5.41, 5.74) is 28.1. The molecule has 0 aromatic heterocycles. The molecule has 0 aliphatic rings. The van der Waals surface area contributed by atoms with Gasteiger partial charge in [-0.1, -0.05) is 202 Å². The van der Waals surface area contributed by atoms with Gasteiger partial charge in [0.05, 0.1) is 7.11 Å². The van der Waals surface area contributed by atoms with E-state index >= 15 is 0 Å². The maximum absolute atomic E-state index is 5.95. The molecule has 0 saturated carbocycles. The molecule has 7 rings (SSSR count). The molecule has 7 aromatic rings. The number of rotatable bonds is 17. The smallest absolute Gasteiger partial charge is 0.0503 e. The Morgan fingerprint density at radius 2 is 0.500 bits per heavy atom. The molecule has 0 saturated heterocycles. The molecule has 366 valence electrons. The van der Waals surface area contributed by atoms with Crippen molar-refractivity contribution in [2.45, 2.75) is 164 Å². The summed E-state index contributed by atoms with van der Waals surface area (Å²) < 4.78 is 5.95. The highest BCUT2D eigenvalue weighted by Crippen LogP contribution is 2.48. The molecular formula is C68H82OS. The summed E-state index contributed by atoms with van der Waals surface area (Å²) in [6.45, 7) is 37.5. The largest absolute Gasteiger partial charge is 0.318 e. The van der Waals surface area contributed by atoms with Crippen molar-refractivity contribution in [2.24, 2.45) is 0 Å². The van der Waals surface area contributed by atoms with Crippen molar-refractivity contribution in [3.8, 4) is 66.8 Å². The average molecular weight is 947 g/mol. The van der Waals surface area contributed by atoms with Gasteiger partial charge in [-0.3, -0.25) is 0 Å². The highest BCUT2D eigenvalue weighted by atomic mass is 32.2. The molecule has 0 heterocycles. The summed E-state index contributed by atoms with van der Waals surface area (Å²) >= 11 is 1.53. The van der Waals surface area contributed by atoms with Crippen LogP contribution in [0.25, 0.3) is 66.8 Å². The Labute approximate surface area is 429 Å². The lowest BCUT2D eigenvalue weighted by molar-refractivity contribution is 0.489. The molecule has 0 aliphatic heterocycles. The Morgan fingerprint density at radius 1 is 0.300 bits per heavy atom. The van der Waals surface area contributed by atoms with Gasteiger partial charge >= 0.3 is 0 Å². The SMILES string of the molecule is COSCc1c(-c2cc(-c3c(C(C)C)cccc3C(C)C)cc(-c3c(C(C)C)cccc3C(C)C)c2)cccc1-c1cc(-c2c(C(C)C)cccc2C(C)C)cc(-c2c(C(C)C)cccc2C(C)C)c1. The molecule has 0 radical (unpaired) electrons. The van der Waals surface area contributed by atoms with Crippen molar-refractivity contribution < 1.29 is 4.18 Å². The Bertz CT molecular complexity index is 2470. The predicted octanol–water partition coefficient (Wildman–Crippen LogP) is 21.5. The molecule has 0 N–H and O–H groups in total. The van der Waals surface area contributed by atoms with Crippen LogP contribution in [0.2, 0.25) is 0 Å². The van der Waals surface area contributed by atoms with Gasteiger partial charge < -0.3 is 4.18 Å². The molecule has 0 unspecified atom stereocenters. The van der Waals surface area contributed by atoms with Gasteiger partial charge in [0.2, 0.25) is 0 Å². The highest BCUT2D eigenvalue weighted by molar-refractivity contribution is 7.93. The summed E-state index contributed by atoms with van der Waals surface area (Å²) in [5, 5.41) is 0. The van der Waals surface area contributed by atoms with Crippen LogP contribution in [0, 0.1) is 0 Å². The van der Waals surface area contributed by atoms with Crippen molar-refractivity contribution in [1.82, 2.24) is 0 Å². The van der Waals surface area contributed by atoms with Gasteiger partial charge in [-0.05, 0) is 213 Å². The fourth-order valence-electron chi connectivity index (χ4n) is 11.1. The number of hydrogen-bond acceptors (Lipinski definition) is 2. The molecule has 0 amide bonds. The van der Waals surface area contributed by atoms with Gasteiger partial charge in [-0.2, -0.15) is 0 Å². The third-order valence-electron chi connectivity index (χ3n) is 14.6. The second-order valence-corrected chi connectivity index (χ2v) is 23.2. The molecule has 0 aliphatic carbocycles. The molecule has 7 aromatic carbocycles. The molecule has 70 heavy (non-hydrogen) atoms. The monoisotopic (exact) mass is 947 g/mol. The maximum Gasteiger partial charge on any atom is 0.0503 e. The third-order valence-corrected chi connectivity index (χ3v) is 15.3. The first-order valence-electron chi connectivity index (χ1n) is 26.4. The van der Waals surface area contributed by atoms with E-state index in [1.165, 1.54) is 129 Å². The van der Waals surface area contributed by atoms with Crippen molar-refractivity contribution in [3.63, 3.8) is 0 Å². The van der Waals surface area contributed by atoms with Crippen molar-refractivity contribution in [2.75, 3.05) is 7.11 Å². The summed E-state index contributed by atoms with van der Waals surface area (Å²) in [5.74, 6) is 3.60. The van der Waals surface area contributed by atoms with E-state index in [4.69, 9.17) is 4.18 Å². The molecular weight excluding hydrogens is 865 g/mol. The Morgan fingerprint density at radius 3 is 0.700 bits per heavy atom. The van der Waals surface area contributed by atoms with Crippen molar-refractivity contribution in [3.05, 3.63) is 177 Å². The number of hydrogen-bond donors (Lipinski definition) is 0. The second kappa shape index (κ2) is 22.5. The minimum atomic E-state index is 0.363. The molecule has 0 fully saturated rings. The lowest BCUT2D eigenvalue weighted by atomic mass is 9.79. The summed E-state index contributed by atoms with van der Waals surface area (Å²) in [7, 11) is 1.81. The zero-order valence-electron chi connectivity index (χ0n) is 45.8. The number of benzene rings is 7. The highest BCUT2D eigenvalue weighted by Gasteiger charge is 2.25. The van der Waals surface area contributed by atoms with Gasteiger partial charge in [-0.15, -0.1) is 0 Å². The first-order valence-corrected chi connectivity index (χ1v) is 27.4. The van der Waals surface area contributed by atoms with Crippen molar-refractivity contribution >= 4 is 12.0 Å². The quantitative estimate of drug-likeness (QED) is 0.0842. The first-order chi connectivity index (χ1) is 33.3. The lowest BCUT2D eigenvalue weighted by Crippen LogP contribution is -2.03. The molecule has 0 bridgehead atoms. The maximum atomic E-state index is 5.95. The van der Waals surface area contributed by atoms with E-state index in [9.17, 15) is 0 Å². The Kier molecular flexibility index (Phi) is 16.9. The van der Waals surface area contributed by atoms with Crippen molar-refractivity contribution in [1.29, 1.82) is 0 Å². The van der Waals surface area contributed by atoms with E-state index < -0.39 is 0 Å². The van der Waals surface area contributed by atoms with Crippen LogP contribution in [0.3, 0.4) is 0 Å². The van der Waals surface area contributed by atoms with Crippen LogP contribution in [0.15, 0.2) is 127 Å². The fraction of sp³-hybridized carbons (Fsp3) is 0.382. The van der Waals surface area contributed by atoms with Gasteiger partial charge in [0.15, 0.2) is 0 Å². The second-order valence-electron chi connectivity index (χ2n) is 22.3. The zero-order chi connectivity index (χ0) is 50.7. The van der Waals surface area contributed by atoms with Gasteiger partial charge in [0.1, 0.15) is 0 Å². The molecule has 0 atom stereocenters. The van der Waals surface area contributed by atoms with Crippen LogP contribution in [0.4, 0.5) is 0 Å². The van der Waals surface area contributed by atoms with Gasteiger partial charge in [-0.25, -0.2) is 0 Å². The summed E-state index contributed by atoms with van der Waals surface area (Å²) in [4.78, 5) is 0. The van der Waals surface area contributed by atoms with E-state index in [2.05, 4.69) is 238 Å². The lowest BCUT2D eigenvalue weighted by Gasteiger charge is -2.25. The molecule has 1 nitrogen and oxygen atoms in total. The van der Waals surface area contributed by atoms with Crippen LogP contribution in [0.5, 0.6) is 0 Å². The van der Waals surface area contributed by atoms with Crippen LogP contribution in [-0.2, 0) is 9.94 Å². The normalized spacial score (nSPS) is 12.1. The Hall–Kier alpha value is -5.15. The fourth-order valence-corrected chi connectivity index (χ4v) is 11.6. The van der Waals surface area contributed by atoms with E-state index in [1.54, 1.807) is 0 Å². The van der Waals surface area contributed by atoms with Crippen LogP contribution in [-0.4, -0.2) is 7.11 Å². The third kappa shape index (κ3) is 10.9. The van der Waals surface area contributed by atoms with Crippen LogP contribution >= 0.6 is 12.0 Å². The standard InChI is InChI=1S/C68H82OS/c1-40(2)54-23-18-24-55(41(3)4)65(54)50-33-48(34-51(37-50)66-56(42(5)6)25-19-26-57(66)43(7)8)62-31-22-32-63(64(62)39-70-69-17)49-35-52(67-58(44(9)10)27-20-28-59(67)45(11)12)38-53(36-49)68-60(46(13)14)29-21-30-61(68)47(15)16/h18-38,40-47H,39H2,1-17H3. The minimum Gasteiger partial charge on any atom is -0.318 e. The molecule has 2 heteroatoms. The topological polar surface area (TPSA) is 9.23 Å². The van der Waals surface area contributed by atoms with E-state index in [0.717, 1.165) is 0 Å². The molecule has 0 spiro atoms. The van der Waals surface area contributed by atoms with E-state index in [0.29, 0.717) is 53.1 Å². The van der Waals surface area contributed by atoms with Crippen LogP contribution in [0.1, 0.15) is 208 Å². The van der Waals surface area contributed by atoms with Gasteiger partial charge in [0.25, 0.3) is 0 Å².